The average Bonchev–Trinajstić information content (AvgIpc) is 3.91. The van der Waals surface area contributed by atoms with Gasteiger partial charge in [0.25, 0.3) is 5.91 Å². The first-order chi connectivity index (χ1) is 23.2. The van der Waals surface area contributed by atoms with Crippen LogP contribution in [0.4, 0.5) is 22.0 Å². The fourth-order valence-electron chi connectivity index (χ4n) is 6.65. The van der Waals surface area contributed by atoms with Gasteiger partial charge in [-0.05, 0) is 49.2 Å². The number of carbonyl (C=O) groups excluding carboxylic acids is 2. The van der Waals surface area contributed by atoms with Crippen LogP contribution in [0.5, 0.6) is 11.5 Å². The molecular formula is C33H27F5N6O5. The molecule has 0 spiro atoms. The third-order valence-electron chi connectivity index (χ3n) is 9.65. The van der Waals surface area contributed by atoms with Crippen molar-refractivity contribution in [1.29, 1.82) is 0 Å². The highest BCUT2D eigenvalue weighted by Gasteiger charge is 2.69. The van der Waals surface area contributed by atoms with Gasteiger partial charge in [0.1, 0.15) is 28.5 Å². The first-order valence-corrected chi connectivity index (χ1v) is 15.3. The molecule has 0 radical (unpaired) electrons. The predicted molar refractivity (Wildman–Crippen MR) is 163 cm³/mol. The summed E-state index contributed by atoms with van der Waals surface area (Å²) in [5, 5.41) is 19.0. The summed E-state index contributed by atoms with van der Waals surface area (Å²) < 4.78 is 85.5. The minimum absolute atomic E-state index is 0.00658. The number of primary amides is 1. The lowest BCUT2D eigenvalue weighted by Gasteiger charge is -2.31. The largest absolute Gasteiger partial charge is 0.494 e. The molecule has 3 aliphatic rings. The predicted octanol–water partition coefficient (Wildman–Crippen LogP) is 4.86. The van der Waals surface area contributed by atoms with E-state index in [-0.39, 0.29) is 51.9 Å². The zero-order valence-electron chi connectivity index (χ0n) is 25.6. The Morgan fingerprint density at radius 2 is 1.94 bits per heavy atom. The molecule has 3 aromatic heterocycles. The van der Waals surface area contributed by atoms with Crippen LogP contribution in [-0.2, 0) is 15.8 Å². The highest BCUT2D eigenvalue weighted by molar-refractivity contribution is 6.00. The number of halogens is 5. The number of nitrogens with one attached hydrogen (secondary N) is 1. The molecule has 254 valence electrons. The number of fused-ring (bicyclic) bond motifs is 5. The topological polar surface area (TPSA) is 147 Å². The Morgan fingerprint density at radius 1 is 1.16 bits per heavy atom. The maximum atomic E-state index is 14.9. The molecule has 3 atom stereocenters. The number of benzene rings is 2. The summed E-state index contributed by atoms with van der Waals surface area (Å²) >= 11 is 0. The molecule has 2 saturated carbocycles. The van der Waals surface area contributed by atoms with Crippen LogP contribution in [0.25, 0.3) is 33.1 Å². The second-order valence-corrected chi connectivity index (χ2v) is 12.7. The van der Waals surface area contributed by atoms with Crippen LogP contribution < -0.4 is 20.5 Å². The van der Waals surface area contributed by atoms with Crippen LogP contribution in [0.2, 0.25) is 0 Å². The third kappa shape index (κ3) is 4.64. The summed E-state index contributed by atoms with van der Waals surface area (Å²) in [6, 6.07) is 9.55. The molecule has 16 heteroatoms. The zero-order valence-corrected chi connectivity index (χ0v) is 25.6. The van der Waals surface area contributed by atoms with Gasteiger partial charge in [0.15, 0.2) is 5.75 Å². The Kier molecular flexibility index (Phi) is 6.57. The molecule has 49 heavy (non-hydrogen) atoms. The van der Waals surface area contributed by atoms with Gasteiger partial charge in [0.2, 0.25) is 11.5 Å². The molecular weight excluding hydrogens is 655 g/mol. The number of nitrogens with zero attached hydrogens (tertiary/aromatic N) is 4. The van der Waals surface area contributed by atoms with Crippen LogP contribution in [-0.4, -0.2) is 62.2 Å². The van der Waals surface area contributed by atoms with E-state index in [2.05, 4.69) is 15.4 Å². The number of aliphatic hydroxyl groups is 1. The standard InChI is InChI=1S/C33H27F5N6O5/c1-48-22-10-17(9-18-13-44(19-3-4-19)42-25(18)22)28(45)40-14-32(47,33(36,37)38)23-11-20-27(49-24-12-31(20,24)29(39)46)26(41-23)16-2-5-21-15(8-16)6-7-43(21)30(34)35/h2,5-11,13,19,24,30,47H,3-4,12,14H2,1H3,(H2,39,46)(H,40,45)/t24?,31-,32?/m1/s1. The van der Waals surface area contributed by atoms with Crippen LogP contribution in [0.3, 0.4) is 0 Å². The Hall–Kier alpha value is -5.25. The summed E-state index contributed by atoms with van der Waals surface area (Å²) in [5.74, 6) is -1.53. The van der Waals surface area contributed by atoms with Crippen molar-refractivity contribution in [2.45, 2.75) is 55.1 Å². The molecule has 4 N–H and O–H groups in total. The lowest BCUT2D eigenvalue weighted by atomic mass is 9.89. The second kappa shape index (κ2) is 10.4. The second-order valence-electron chi connectivity index (χ2n) is 12.7. The van der Waals surface area contributed by atoms with E-state index in [1.54, 1.807) is 10.9 Å². The number of aromatic nitrogens is 4. The minimum Gasteiger partial charge on any atom is -0.494 e. The molecule has 11 nitrogen and oxygen atoms in total. The Labute approximate surface area is 273 Å². The lowest BCUT2D eigenvalue weighted by Crippen LogP contribution is -2.51. The highest BCUT2D eigenvalue weighted by Crippen LogP contribution is 2.61. The number of amides is 2. The molecule has 2 unspecified atom stereocenters. The van der Waals surface area contributed by atoms with E-state index in [0.29, 0.717) is 16.3 Å². The van der Waals surface area contributed by atoms with E-state index in [1.807, 2.05) is 0 Å². The molecule has 1 aliphatic heterocycles. The van der Waals surface area contributed by atoms with Gasteiger partial charge in [0.05, 0.1) is 30.9 Å². The summed E-state index contributed by atoms with van der Waals surface area (Å²) in [5.41, 5.74) is 0.218. The van der Waals surface area contributed by atoms with Crippen LogP contribution in [0, 0.1) is 0 Å². The summed E-state index contributed by atoms with van der Waals surface area (Å²) in [7, 11) is 1.38. The summed E-state index contributed by atoms with van der Waals surface area (Å²) in [6.45, 7) is -4.19. The third-order valence-corrected chi connectivity index (χ3v) is 9.65. The number of alkyl halides is 5. The maximum absolute atomic E-state index is 14.9. The molecule has 2 aromatic carbocycles. The Morgan fingerprint density at radius 3 is 2.61 bits per heavy atom. The first-order valence-electron chi connectivity index (χ1n) is 15.3. The monoisotopic (exact) mass is 682 g/mol. The SMILES string of the molecule is COc1cc(C(=O)NCC(O)(c2cc3c(c(-c4ccc5c(ccn5C(F)F)c4)n2)OC2C[C@@]32C(N)=O)C(F)(F)F)cc2cn(C3CC3)nc12. The molecule has 2 fully saturated rings. The number of rotatable bonds is 9. The van der Waals surface area contributed by atoms with Crippen molar-refractivity contribution in [3.63, 3.8) is 0 Å². The normalized spacial score (nSPS) is 20.9. The smallest absolute Gasteiger partial charge is 0.424 e. The van der Waals surface area contributed by atoms with Gasteiger partial charge in [-0.15, -0.1) is 0 Å². The molecule has 2 aliphatic carbocycles. The van der Waals surface area contributed by atoms with Crippen molar-refractivity contribution in [2.75, 3.05) is 13.7 Å². The van der Waals surface area contributed by atoms with E-state index in [4.69, 9.17) is 15.2 Å². The summed E-state index contributed by atoms with van der Waals surface area (Å²) in [4.78, 5) is 30.2. The van der Waals surface area contributed by atoms with Gasteiger partial charge >= 0.3 is 12.7 Å². The molecule has 5 aromatic rings. The van der Waals surface area contributed by atoms with Gasteiger partial charge in [-0.1, -0.05) is 6.07 Å². The highest BCUT2D eigenvalue weighted by atomic mass is 19.4. The van der Waals surface area contributed by atoms with E-state index in [1.165, 1.54) is 49.7 Å². The van der Waals surface area contributed by atoms with Crippen molar-refractivity contribution < 1.29 is 46.1 Å². The van der Waals surface area contributed by atoms with Crippen molar-refractivity contribution in [3.05, 3.63) is 71.7 Å². The average molecular weight is 683 g/mol. The van der Waals surface area contributed by atoms with Gasteiger partial charge in [-0.3, -0.25) is 18.8 Å². The fourth-order valence-corrected chi connectivity index (χ4v) is 6.65. The number of hydrogen-bond acceptors (Lipinski definition) is 7. The molecule has 0 bridgehead atoms. The quantitative estimate of drug-likeness (QED) is 0.188. The number of carbonyl (C=O) groups is 2. The summed E-state index contributed by atoms with van der Waals surface area (Å²) in [6.07, 6.45) is -1.23. The van der Waals surface area contributed by atoms with Gasteiger partial charge < -0.3 is 25.6 Å². The van der Waals surface area contributed by atoms with Crippen molar-refractivity contribution in [2.24, 2.45) is 5.73 Å². The number of pyridine rings is 1. The molecule has 8 rings (SSSR count). The van der Waals surface area contributed by atoms with Crippen molar-refractivity contribution >= 4 is 33.6 Å². The molecule has 4 heterocycles. The Balaban J connectivity index is 1.19. The minimum atomic E-state index is -5.38. The lowest BCUT2D eigenvalue weighted by molar-refractivity contribution is -0.265. The van der Waals surface area contributed by atoms with Gasteiger partial charge in [0, 0.05) is 46.3 Å². The number of methoxy groups -OCH3 is 1. The van der Waals surface area contributed by atoms with Gasteiger partial charge in [-0.2, -0.15) is 27.1 Å². The number of hydrogen-bond donors (Lipinski definition) is 3. The van der Waals surface area contributed by atoms with Crippen LogP contribution in [0.15, 0.2) is 54.9 Å². The van der Waals surface area contributed by atoms with E-state index < -0.39 is 53.9 Å². The van der Waals surface area contributed by atoms with Gasteiger partial charge in [-0.25, -0.2) is 4.98 Å². The maximum Gasteiger partial charge on any atom is 0.424 e. The molecule has 0 saturated heterocycles. The first kappa shape index (κ1) is 31.0. The number of ether oxygens (including phenoxy) is 2. The molecule has 2 amide bonds. The zero-order chi connectivity index (χ0) is 34.6. The van der Waals surface area contributed by atoms with E-state index in [9.17, 15) is 36.6 Å². The number of nitrogens with two attached hydrogens (primary N) is 1. The van der Waals surface area contributed by atoms with Crippen LogP contribution >= 0.6 is 0 Å². The van der Waals surface area contributed by atoms with E-state index >= 15 is 0 Å². The van der Waals surface area contributed by atoms with E-state index in [0.717, 1.165) is 23.5 Å². The fraction of sp³-hybridized carbons (Fsp3) is 0.333. The Bertz CT molecular complexity index is 2210. The van der Waals surface area contributed by atoms with Crippen molar-refractivity contribution in [1.82, 2.24) is 24.6 Å². The van der Waals surface area contributed by atoms with Crippen LogP contribution in [0.1, 0.15) is 53.5 Å². The van der Waals surface area contributed by atoms with Crippen molar-refractivity contribution in [3.8, 4) is 22.8 Å².